The van der Waals surface area contributed by atoms with E-state index in [1.54, 1.807) is 12.1 Å². The number of likely N-dealkylation sites (N-methyl/N-ethyl adjacent to an activating group) is 1. The molecule has 0 fully saturated rings. The first kappa shape index (κ1) is 16.5. The topological polar surface area (TPSA) is 86.8 Å². The molecule has 0 N–H and O–H groups in total. The number of rotatable bonds is 6. The fraction of sp³-hybridized carbons (Fsp3) is 0.667. The number of unbranched alkanes of at least 4 members (excludes halogenated alkanes) is 1. The SMILES string of the molecule is CC/C=C\CC/C=N\N(C)C1CN=C(S(C)(=O)=O)N=N1. The smallest absolute Gasteiger partial charge is 0.262 e. The molecule has 0 saturated carbocycles. The number of amidine groups is 1. The van der Waals surface area contributed by atoms with Crippen LogP contribution in [0.4, 0.5) is 0 Å². The van der Waals surface area contributed by atoms with E-state index >= 15 is 0 Å². The maximum atomic E-state index is 11.2. The molecule has 8 heteroatoms. The summed E-state index contributed by atoms with van der Waals surface area (Å²) in [7, 11) is -1.61. The number of nitrogens with zero attached hydrogens (tertiary/aromatic N) is 5. The Bertz CT molecular complexity index is 522. The van der Waals surface area contributed by atoms with Crippen molar-refractivity contribution < 1.29 is 8.42 Å². The second-order valence-electron chi connectivity index (χ2n) is 4.42. The molecule has 0 amide bonds. The van der Waals surface area contributed by atoms with Crippen LogP contribution in [-0.2, 0) is 9.84 Å². The largest absolute Gasteiger partial charge is 0.272 e. The predicted molar refractivity (Wildman–Crippen MR) is 80.7 cm³/mol. The van der Waals surface area contributed by atoms with Gasteiger partial charge in [0.05, 0.1) is 6.54 Å². The molecule has 1 aliphatic heterocycles. The molecule has 7 nitrogen and oxygen atoms in total. The van der Waals surface area contributed by atoms with Crippen molar-refractivity contribution in [1.82, 2.24) is 5.01 Å². The van der Waals surface area contributed by atoms with Gasteiger partial charge in [-0.05, 0) is 19.3 Å². The minimum absolute atomic E-state index is 0.212. The van der Waals surface area contributed by atoms with Crippen molar-refractivity contribution in [3.8, 4) is 0 Å². The molecule has 1 aliphatic rings. The number of hydrogen-bond donors (Lipinski definition) is 0. The lowest BCUT2D eigenvalue weighted by Gasteiger charge is -2.21. The molecular weight excluding hydrogens is 278 g/mol. The van der Waals surface area contributed by atoms with Gasteiger partial charge in [-0.15, -0.1) is 5.11 Å². The third kappa shape index (κ3) is 5.60. The van der Waals surface area contributed by atoms with E-state index in [4.69, 9.17) is 0 Å². The van der Waals surface area contributed by atoms with E-state index in [1.165, 1.54) is 0 Å². The van der Waals surface area contributed by atoms with Crippen molar-refractivity contribution in [2.75, 3.05) is 19.8 Å². The van der Waals surface area contributed by atoms with Gasteiger partial charge < -0.3 is 0 Å². The lowest BCUT2D eigenvalue weighted by atomic mass is 10.3. The van der Waals surface area contributed by atoms with Gasteiger partial charge in [-0.1, -0.05) is 19.1 Å². The Hall–Kier alpha value is -1.57. The lowest BCUT2D eigenvalue weighted by Crippen LogP contribution is -2.31. The molecule has 0 aromatic heterocycles. The van der Waals surface area contributed by atoms with E-state index in [2.05, 4.69) is 39.4 Å². The van der Waals surface area contributed by atoms with Crippen molar-refractivity contribution in [3.63, 3.8) is 0 Å². The molecule has 0 radical (unpaired) electrons. The van der Waals surface area contributed by atoms with E-state index in [0.717, 1.165) is 25.5 Å². The Labute approximate surface area is 120 Å². The van der Waals surface area contributed by atoms with Gasteiger partial charge in [-0.25, -0.2) is 8.42 Å². The van der Waals surface area contributed by atoms with E-state index in [0.29, 0.717) is 0 Å². The maximum Gasteiger partial charge on any atom is 0.262 e. The fourth-order valence-corrected chi connectivity index (χ4v) is 1.95. The summed E-state index contributed by atoms with van der Waals surface area (Å²) in [5.41, 5.74) is 0. The molecule has 112 valence electrons. The lowest BCUT2D eigenvalue weighted by molar-refractivity contribution is 0.257. The number of aliphatic imine (C=N–C) groups is 1. The summed E-state index contributed by atoms with van der Waals surface area (Å²) in [4.78, 5) is 3.91. The third-order valence-corrected chi connectivity index (χ3v) is 3.43. The summed E-state index contributed by atoms with van der Waals surface area (Å²) in [6, 6.07) is 0. The first-order chi connectivity index (χ1) is 9.45. The highest BCUT2D eigenvalue weighted by molar-refractivity contribution is 8.05. The molecule has 0 aliphatic carbocycles. The highest BCUT2D eigenvalue weighted by Crippen LogP contribution is 2.09. The van der Waals surface area contributed by atoms with E-state index in [1.807, 2.05) is 6.21 Å². The van der Waals surface area contributed by atoms with Crippen LogP contribution in [0.1, 0.15) is 26.2 Å². The Morgan fingerprint density at radius 3 is 2.70 bits per heavy atom. The van der Waals surface area contributed by atoms with Gasteiger partial charge in [0.25, 0.3) is 5.17 Å². The molecule has 1 heterocycles. The summed E-state index contributed by atoms with van der Waals surface area (Å²) in [6.07, 6.45) is 9.62. The summed E-state index contributed by atoms with van der Waals surface area (Å²) < 4.78 is 22.5. The van der Waals surface area contributed by atoms with Gasteiger partial charge in [0.15, 0.2) is 6.17 Å². The van der Waals surface area contributed by atoms with Crippen LogP contribution in [0, 0.1) is 0 Å². The second-order valence-corrected chi connectivity index (χ2v) is 6.33. The van der Waals surface area contributed by atoms with Crippen LogP contribution in [0.15, 0.2) is 32.5 Å². The van der Waals surface area contributed by atoms with Gasteiger partial charge in [-0.2, -0.15) is 10.2 Å². The molecule has 0 aromatic carbocycles. The predicted octanol–water partition coefficient (Wildman–Crippen LogP) is 1.84. The van der Waals surface area contributed by atoms with Gasteiger partial charge in [-0.3, -0.25) is 10.0 Å². The summed E-state index contributed by atoms with van der Waals surface area (Å²) >= 11 is 0. The standard InChI is InChI=1S/C12H21N5O2S/c1-4-5-6-7-8-9-14-17(2)11-10-13-12(16-15-11)20(3,18)19/h5-6,9,11H,4,7-8,10H2,1-3H3/b6-5-,14-9-. The number of hydrazone groups is 1. The molecule has 1 atom stereocenters. The molecule has 0 bridgehead atoms. The van der Waals surface area contributed by atoms with Gasteiger partial charge in [0, 0.05) is 19.5 Å². The van der Waals surface area contributed by atoms with Crippen LogP contribution in [0.5, 0.6) is 0 Å². The minimum atomic E-state index is -3.38. The van der Waals surface area contributed by atoms with Crippen LogP contribution < -0.4 is 0 Å². The molecule has 1 rings (SSSR count). The fourth-order valence-electron chi connectivity index (χ4n) is 1.45. The normalized spacial score (nSPS) is 19.8. The van der Waals surface area contributed by atoms with Crippen LogP contribution in [0.25, 0.3) is 0 Å². The minimum Gasteiger partial charge on any atom is -0.272 e. The zero-order chi connectivity index (χ0) is 15.0. The Morgan fingerprint density at radius 1 is 1.40 bits per heavy atom. The van der Waals surface area contributed by atoms with Crippen molar-refractivity contribution >= 4 is 21.2 Å². The zero-order valence-electron chi connectivity index (χ0n) is 12.1. The number of allylic oxidation sites excluding steroid dienone is 2. The van der Waals surface area contributed by atoms with Gasteiger partial charge in [0.2, 0.25) is 9.84 Å². The highest BCUT2D eigenvalue weighted by Gasteiger charge is 2.21. The molecule has 20 heavy (non-hydrogen) atoms. The van der Waals surface area contributed by atoms with Crippen molar-refractivity contribution in [1.29, 1.82) is 0 Å². The average Bonchev–Trinajstić information content (AvgIpc) is 2.41. The Morgan fingerprint density at radius 2 is 2.15 bits per heavy atom. The number of azo groups is 1. The first-order valence-corrected chi connectivity index (χ1v) is 8.40. The molecule has 0 spiro atoms. The second kappa shape index (κ2) is 7.88. The molecular formula is C12H21N5O2S. The van der Waals surface area contributed by atoms with Crippen molar-refractivity contribution in [2.24, 2.45) is 20.3 Å². The van der Waals surface area contributed by atoms with Crippen LogP contribution in [-0.4, -0.2) is 50.8 Å². The van der Waals surface area contributed by atoms with Crippen LogP contribution in [0.3, 0.4) is 0 Å². The average molecular weight is 299 g/mol. The van der Waals surface area contributed by atoms with Crippen molar-refractivity contribution in [3.05, 3.63) is 12.2 Å². The van der Waals surface area contributed by atoms with E-state index in [-0.39, 0.29) is 17.9 Å². The summed E-state index contributed by atoms with van der Waals surface area (Å²) in [5, 5.41) is 13.2. The zero-order valence-corrected chi connectivity index (χ0v) is 12.9. The number of sulfone groups is 1. The molecule has 0 saturated heterocycles. The van der Waals surface area contributed by atoms with Crippen molar-refractivity contribution in [2.45, 2.75) is 32.4 Å². The summed E-state index contributed by atoms with van der Waals surface area (Å²) in [6.45, 7) is 2.34. The van der Waals surface area contributed by atoms with Gasteiger partial charge in [0.1, 0.15) is 0 Å². The summed E-state index contributed by atoms with van der Waals surface area (Å²) in [5.74, 6) is 0. The Balaban J connectivity index is 2.42. The van der Waals surface area contributed by atoms with E-state index < -0.39 is 9.84 Å². The van der Waals surface area contributed by atoms with E-state index in [9.17, 15) is 8.42 Å². The van der Waals surface area contributed by atoms with Crippen LogP contribution in [0.2, 0.25) is 0 Å². The number of hydrogen-bond acceptors (Lipinski definition) is 7. The van der Waals surface area contributed by atoms with Gasteiger partial charge >= 0.3 is 0 Å². The van der Waals surface area contributed by atoms with Crippen LogP contribution >= 0.6 is 0 Å². The third-order valence-electron chi connectivity index (χ3n) is 2.56. The Kier molecular flexibility index (Phi) is 6.50. The first-order valence-electron chi connectivity index (χ1n) is 6.50. The molecule has 1 unspecified atom stereocenters. The molecule has 0 aromatic rings. The maximum absolute atomic E-state index is 11.2. The quantitative estimate of drug-likeness (QED) is 0.324. The monoisotopic (exact) mass is 299 g/mol. The highest BCUT2D eigenvalue weighted by atomic mass is 32.2.